The first-order chi connectivity index (χ1) is 9.72. The summed E-state index contributed by atoms with van der Waals surface area (Å²) in [6.45, 7) is 0.698. The van der Waals surface area contributed by atoms with E-state index in [2.05, 4.69) is 15.3 Å². The first-order valence-electron chi connectivity index (χ1n) is 6.53. The number of allylic oxidation sites excluding steroid dienone is 1. The van der Waals surface area contributed by atoms with Gasteiger partial charge in [0.1, 0.15) is 6.10 Å². The molecule has 2 aromatic rings. The van der Waals surface area contributed by atoms with Crippen LogP contribution in [0.15, 0.2) is 40.1 Å². The Hall–Kier alpha value is -2.50. The van der Waals surface area contributed by atoms with Crippen LogP contribution < -0.4 is 16.4 Å². The van der Waals surface area contributed by atoms with Crippen molar-refractivity contribution in [3.8, 4) is 0 Å². The van der Waals surface area contributed by atoms with Crippen molar-refractivity contribution in [2.24, 2.45) is 0 Å². The lowest BCUT2D eigenvalue weighted by Crippen LogP contribution is -2.29. The number of hydrogen-bond donors (Lipinski definition) is 3. The van der Waals surface area contributed by atoms with E-state index in [1.54, 1.807) is 18.4 Å². The van der Waals surface area contributed by atoms with E-state index in [0.29, 0.717) is 17.6 Å². The predicted molar refractivity (Wildman–Crippen MR) is 76.9 cm³/mol. The van der Waals surface area contributed by atoms with E-state index in [0.717, 1.165) is 18.5 Å². The zero-order chi connectivity index (χ0) is 13.9. The van der Waals surface area contributed by atoms with Gasteiger partial charge in [0.15, 0.2) is 0 Å². The highest BCUT2D eigenvalue weighted by atomic mass is 16.5. The Labute approximate surface area is 114 Å². The topological polar surface area (TPSA) is 87.0 Å². The van der Waals surface area contributed by atoms with Crippen molar-refractivity contribution in [2.75, 3.05) is 11.9 Å². The molecule has 1 aromatic heterocycles. The molecule has 0 saturated carbocycles. The monoisotopic (exact) mass is 273 g/mol. The van der Waals surface area contributed by atoms with Gasteiger partial charge in [-0.1, -0.05) is 0 Å². The average Bonchev–Trinajstić information content (AvgIpc) is 2.47. The molecule has 1 atom stereocenters. The van der Waals surface area contributed by atoms with Crippen LogP contribution in [0, 0.1) is 0 Å². The van der Waals surface area contributed by atoms with E-state index in [9.17, 15) is 9.59 Å². The molecule has 1 unspecified atom stereocenters. The van der Waals surface area contributed by atoms with E-state index in [4.69, 9.17) is 4.74 Å². The van der Waals surface area contributed by atoms with Crippen LogP contribution in [0.2, 0.25) is 0 Å². The summed E-state index contributed by atoms with van der Waals surface area (Å²) in [4.78, 5) is 27.6. The number of rotatable bonds is 3. The number of nitrogens with one attached hydrogen (secondary N) is 3. The molecule has 3 N–H and O–H groups in total. The third-order valence-electron chi connectivity index (χ3n) is 3.28. The minimum absolute atomic E-state index is 0.158. The van der Waals surface area contributed by atoms with Gasteiger partial charge >= 0.3 is 11.1 Å². The van der Waals surface area contributed by atoms with E-state index >= 15 is 0 Å². The smallest absolute Gasteiger partial charge is 0.314 e. The summed E-state index contributed by atoms with van der Waals surface area (Å²) >= 11 is 0. The van der Waals surface area contributed by atoms with E-state index in [1.165, 1.54) is 0 Å². The molecule has 104 valence electrons. The summed E-state index contributed by atoms with van der Waals surface area (Å²) in [7, 11) is 0. The highest BCUT2D eigenvalue weighted by Gasteiger charge is 2.10. The maximum atomic E-state index is 11.3. The standard InChI is InChI=1S/C14H15N3O3/c18-13-14(19)17-12-7-9(4-5-11(12)16-13)15-8-10-3-1-2-6-20-10/h2,4-7,10,15H,1,3,8H2,(H,16,18)(H,17,19). The van der Waals surface area contributed by atoms with Crippen LogP contribution in [0.3, 0.4) is 0 Å². The van der Waals surface area contributed by atoms with Crippen molar-refractivity contribution in [1.29, 1.82) is 0 Å². The molecule has 2 heterocycles. The number of fused-ring (bicyclic) bond motifs is 1. The predicted octanol–water partition coefficient (Wildman–Crippen LogP) is 1.32. The molecule has 1 aromatic carbocycles. The van der Waals surface area contributed by atoms with Crippen LogP contribution in [-0.4, -0.2) is 22.6 Å². The first kappa shape index (κ1) is 12.5. The van der Waals surface area contributed by atoms with E-state index in [-0.39, 0.29) is 6.10 Å². The Balaban J connectivity index is 1.78. The zero-order valence-corrected chi connectivity index (χ0v) is 10.8. The second-order valence-corrected chi connectivity index (χ2v) is 4.76. The SMILES string of the molecule is O=c1[nH]c2ccc(NCC3CCC=CO3)cc2[nH]c1=O. The lowest BCUT2D eigenvalue weighted by atomic mass is 10.1. The number of anilines is 1. The maximum Gasteiger partial charge on any atom is 0.314 e. The van der Waals surface area contributed by atoms with E-state index < -0.39 is 11.1 Å². The van der Waals surface area contributed by atoms with Gasteiger partial charge < -0.3 is 20.0 Å². The van der Waals surface area contributed by atoms with Crippen molar-refractivity contribution in [1.82, 2.24) is 9.97 Å². The van der Waals surface area contributed by atoms with Crippen LogP contribution in [0.1, 0.15) is 12.8 Å². The van der Waals surface area contributed by atoms with Gasteiger partial charge in [-0.2, -0.15) is 0 Å². The van der Waals surface area contributed by atoms with Gasteiger partial charge in [0.05, 0.1) is 23.8 Å². The molecule has 0 amide bonds. The Kier molecular flexibility index (Phi) is 3.28. The van der Waals surface area contributed by atoms with Gasteiger partial charge in [-0.15, -0.1) is 0 Å². The molecular weight excluding hydrogens is 258 g/mol. The molecule has 1 aliphatic rings. The summed E-state index contributed by atoms with van der Waals surface area (Å²) in [5.41, 5.74) is 0.801. The largest absolute Gasteiger partial charge is 0.497 e. The van der Waals surface area contributed by atoms with E-state index in [1.807, 2.05) is 12.1 Å². The molecule has 0 fully saturated rings. The average molecular weight is 273 g/mol. The Bertz CT molecular complexity index is 760. The number of hydrogen-bond acceptors (Lipinski definition) is 4. The molecule has 0 saturated heterocycles. The molecule has 20 heavy (non-hydrogen) atoms. The molecule has 1 aliphatic heterocycles. The molecule has 6 nitrogen and oxygen atoms in total. The number of aromatic nitrogens is 2. The fourth-order valence-corrected chi connectivity index (χ4v) is 2.19. The molecule has 0 spiro atoms. The number of ether oxygens (including phenoxy) is 1. The summed E-state index contributed by atoms with van der Waals surface area (Å²) < 4.78 is 5.47. The second kappa shape index (κ2) is 5.24. The van der Waals surface area contributed by atoms with Crippen molar-refractivity contribution in [2.45, 2.75) is 18.9 Å². The zero-order valence-electron chi connectivity index (χ0n) is 10.8. The third-order valence-corrected chi connectivity index (χ3v) is 3.28. The number of H-pyrrole nitrogens is 2. The highest BCUT2D eigenvalue weighted by molar-refractivity contribution is 5.78. The van der Waals surface area contributed by atoms with Gasteiger partial charge in [-0.3, -0.25) is 9.59 Å². The molecule has 6 heteroatoms. The van der Waals surface area contributed by atoms with Gasteiger partial charge in [-0.25, -0.2) is 0 Å². The van der Waals surface area contributed by atoms with Gasteiger partial charge in [-0.05, 0) is 37.1 Å². The number of aromatic amines is 2. The summed E-state index contributed by atoms with van der Waals surface area (Å²) in [5, 5.41) is 3.27. The fourth-order valence-electron chi connectivity index (χ4n) is 2.19. The molecule has 0 aliphatic carbocycles. The summed E-state index contributed by atoms with van der Waals surface area (Å²) in [6, 6.07) is 5.41. The van der Waals surface area contributed by atoms with Crippen LogP contribution in [-0.2, 0) is 4.74 Å². The minimum atomic E-state index is -0.643. The van der Waals surface area contributed by atoms with Crippen LogP contribution in [0.25, 0.3) is 11.0 Å². The van der Waals surface area contributed by atoms with Gasteiger partial charge in [0, 0.05) is 5.69 Å². The quantitative estimate of drug-likeness (QED) is 0.736. The first-order valence-corrected chi connectivity index (χ1v) is 6.53. The Morgan fingerprint density at radius 3 is 2.75 bits per heavy atom. The van der Waals surface area contributed by atoms with Crippen LogP contribution in [0.4, 0.5) is 5.69 Å². The normalized spacial score (nSPS) is 17.9. The van der Waals surface area contributed by atoms with Crippen LogP contribution >= 0.6 is 0 Å². The van der Waals surface area contributed by atoms with Crippen molar-refractivity contribution in [3.63, 3.8) is 0 Å². The molecular formula is C14H15N3O3. The second-order valence-electron chi connectivity index (χ2n) is 4.76. The lowest BCUT2D eigenvalue weighted by molar-refractivity contribution is 0.135. The Morgan fingerprint density at radius 2 is 2.00 bits per heavy atom. The van der Waals surface area contributed by atoms with Crippen molar-refractivity contribution in [3.05, 3.63) is 51.2 Å². The third kappa shape index (κ3) is 2.59. The lowest BCUT2D eigenvalue weighted by Gasteiger charge is -2.20. The van der Waals surface area contributed by atoms with Crippen LogP contribution in [0.5, 0.6) is 0 Å². The molecule has 3 rings (SSSR count). The minimum Gasteiger partial charge on any atom is -0.497 e. The van der Waals surface area contributed by atoms with Crippen molar-refractivity contribution < 1.29 is 4.74 Å². The maximum absolute atomic E-state index is 11.3. The van der Waals surface area contributed by atoms with Gasteiger partial charge in [0.2, 0.25) is 0 Å². The summed E-state index contributed by atoms with van der Waals surface area (Å²) in [5.74, 6) is 0. The molecule has 0 radical (unpaired) electrons. The fraction of sp³-hybridized carbons (Fsp3) is 0.286. The summed E-state index contributed by atoms with van der Waals surface area (Å²) in [6.07, 6.45) is 5.91. The number of benzene rings is 1. The highest BCUT2D eigenvalue weighted by Crippen LogP contribution is 2.15. The van der Waals surface area contributed by atoms with Crippen molar-refractivity contribution >= 4 is 16.7 Å². The molecule has 0 bridgehead atoms. The Morgan fingerprint density at radius 1 is 1.20 bits per heavy atom. The van der Waals surface area contributed by atoms with Gasteiger partial charge in [0.25, 0.3) is 0 Å².